The second-order valence-electron chi connectivity index (χ2n) is 7.30. The minimum absolute atomic E-state index is 0.0257. The van der Waals surface area contributed by atoms with E-state index in [1.165, 1.54) is 4.90 Å². The predicted octanol–water partition coefficient (Wildman–Crippen LogP) is 3.41. The Morgan fingerprint density at radius 3 is 2.19 bits per heavy atom. The first-order valence-corrected chi connectivity index (χ1v) is 10.4. The van der Waals surface area contributed by atoms with Gasteiger partial charge in [-0.1, -0.05) is 31.2 Å². The highest BCUT2D eigenvalue weighted by Crippen LogP contribution is 2.26. The summed E-state index contributed by atoms with van der Waals surface area (Å²) in [4.78, 5) is 27.4. The Morgan fingerprint density at radius 1 is 0.968 bits per heavy atom. The fourth-order valence-electron chi connectivity index (χ4n) is 2.94. The van der Waals surface area contributed by atoms with E-state index in [2.05, 4.69) is 5.32 Å². The first kappa shape index (κ1) is 24.1. The molecule has 2 atom stereocenters. The Balaban J connectivity index is 2.18. The van der Waals surface area contributed by atoms with E-state index in [4.69, 9.17) is 14.2 Å². The third-order valence-corrected chi connectivity index (χ3v) is 5.10. The highest BCUT2D eigenvalue weighted by atomic mass is 16.5. The lowest BCUT2D eigenvalue weighted by Crippen LogP contribution is -2.50. The van der Waals surface area contributed by atoms with Crippen molar-refractivity contribution < 1.29 is 23.8 Å². The average Bonchev–Trinajstić information content (AvgIpc) is 2.80. The molecule has 0 aliphatic heterocycles. The van der Waals surface area contributed by atoms with Gasteiger partial charge in [0.05, 0.1) is 14.2 Å². The first-order chi connectivity index (χ1) is 14.9. The van der Waals surface area contributed by atoms with Gasteiger partial charge in [0.15, 0.2) is 18.1 Å². The molecule has 0 heterocycles. The number of benzene rings is 2. The lowest BCUT2D eigenvalue weighted by Gasteiger charge is -2.29. The molecule has 0 bridgehead atoms. The van der Waals surface area contributed by atoms with Crippen LogP contribution in [0.25, 0.3) is 0 Å². The van der Waals surface area contributed by atoms with E-state index in [0.29, 0.717) is 11.5 Å². The minimum atomic E-state index is -0.662. The van der Waals surface area contributed by atoms with Gasteiger partial charge in [0.2, 0.25) is 5.91 Å². The SMILES string of the molecule is CCC(C)NC(=O)C(C)N(Cc1ccc(OC)cc1)C(=O)COc1ccccc1OC. The molecule has 0 aliphatic rings. The van der Waals surface area contributed by atoms with Crippen molar-refractivity contribution in [2.75, 3.05) is 20.8 Å². The Labute approximate surface area is 184 Å². The fourth-order valence-corrected chi connectivity index (χ4v) is 2.94. The van der Waals surface area contributed by atoms with E-state index in [9.17, 15) is 9.59 Å². The van der Waals surface area contributed by atoms with E-state index < -0.39 is 6.04 Å². The van der Waals surface area contributed by atoms with Gasteiger partial charge >= 0.3 is 0 Å². The molecule has 0 fully saturated rings. The largest absolute Gasteiger partial charge is 0.497 e. The highest BCUT2D eigenvalue weighted by Gasteiger charge is 2.27. The maximum Gasteiger partial charge on any atom is 0.261 e. The fraction of sp³-hybridized carbons (Fsp3) is 0.417. The lowest BCUT2D eigenvalue weighted by atomic mass is 10.1. The summed E-state index contributed by atoms with van der Waals surface area (Å²) in [5, 5.41) is 2.95. The number of amides is 2. The van der Waals surface area contributed by atoms with E-state index in [1.54, 1.807) is 39.3 Å². The molecule has 0 saturated carbocycles. The zero-order valence-corrected chi connectivity index (χ0v) is 18.9. The molecule has 168 valence electrons. The maximum absolute atomic E-state index is 13.1. The van der Waals surface area contributed by atoms with Crippen LogP contribution in [0, 0.1) is 0 Å². The third-order valence-electron chi connectivity index (χ3n) is 5.10. The summed E-state index contributed by atoms with van der Waals surface area (Å²) in [5.41, 5.74) is 0.884. The van der Waals surface area contributed by atoms with E-state index in [1.807, 2.05) is 44.2 Å². The van der Waals surface area contributed by atoms with Crippen LogP contribution in [0.15, 0.2) is 48.5 Å². The van der Waals surface area contributed by atoms with E-state index in [-0.39, 0.29) is 31.0 Å². The number of nitrogens with zero attached hydrogens (tertiary/aromatic N) is 1. The number of rotatable bonds is 11. The topological polar surface area (TPSA) is 77.1 Å². The predicted molar refractivity (Wildman–Crippen MR) is 119 cm³/mol. The molecule has 2 amide bonds. The molecule has 7 nitrogen and oxygen atoms in total. The molecule has 0 saturated heterocycles. The molecular weight excluding hydrogens is 396 g/mol. The summed E-state index contributed by atoms with van der Waals surface area (Å²) < 4.78 is 16.2. The molecule has 31 heavy (non-hydrogen) atoms. The summed E-state index contributed by atoms with van der Waals surface area (Å²) in [6.07, 6.45) is 0.807. The Bertz CT molecular complexity index is 853. The van der Waals surface area contributed by atoms with E-state index >= 15 is 0 Å². The standard InChI is InChI=1S/C24H32N2O5/c1-6-17(2)25-24(28)18(3)26(15-19-11-13-20(29-4)14-12-19)23(27)16-31-22-10-8-7-9-21(22)30-5/h7-14,17-18H,6,15-16H2,1-5H3,(H,25,28). The van der Waals surface area contributed by atoms with Gasteiger partial charge in [-0.05, 0) is 50.1 Å². The lowest BCUT2D eigenvalue weighted by molar-refractivity contribution is -0.142. The van der Waals surface area contributed by atoms with Crippen LogP contribution in [0.4, 0.5) is 0 Å². The number of para-hydroxylation sites is 2. The number of methoxy groups -OCH3 is 2. The number of hydrogen-bond donors (Lipinski definition) is 1. The van der Waals surface area contributed by atoms with Gasteiger partial charge in [-0.3, -0.25) is 9.59 Å². The monoisotopic (exact) mass is 428 g/mol. The van der Waals surface area contributed by atoms with Crippen LogP contribution in [-0.2, 0) is 16.1 Å². The van der Waals surface area contributed by atoms with Gasteiger partial charge in [-0.25, -0.2) is 0 Å². The van der Waals surface area contributed by atoms with Crippen molar-refractivity contribution in [1.29, 1.82) is 0 Å². The zero-order chi connectivity index (χ0) is 22.8. The number of carbonyl (C=O) groups is 2. The maximum atomic E-state index is 13.1. The molecule has 1 N–H and O–H groups in total. The molecule has 0 aromatic heterocycles. The van der Waals surface area contributed by atoms with E-state index in [0.717, 1.165) is 17.7 Å². The minimum Gasteiger partial charge on any atom is -0.497 e. The Morgan fingerprint density at radius 2 is 1.61 bits per heavy atom. The second kappa shape index (κ2) is 11.8. The van der Waals surface area contributed by atoms with Crippen molar-refractivity contribution in [2.45, 2.75) is 45.8 Å². The smallest absolute Gasteiger partial charge is 0.261 e. The van der Waals surface area contributed by atoms with Crippen LogP contribution in [0.5, 0.6) is 17.2 Å². The average molecular weight is 429 g/mol. The van der Waals surface area contributed by atoms with Gasteiger partial charge < -0.3 is 24.4 Å². The van der Waals surface area contributed by atoms with Crippen molar-refractivity contribution in [3.05, 3.63) is 54.1 Å². The van der Waals surface area contributed by atoms with Crippen LogP contribution in [0.1, 0.15) is 32.8 Å². The Hall–Kier alpha value is -3.22. The number of ether oxygens (including phenoxy) is 3. The summed E-state index contributed by atoms with van der Waals surface area (Å²) in [5.74, 6) is 1.24. The van der Waals surface area contributed by atoms with Crippen molar-refractivity contribution in [1.82, 2.24) is 10.2 Å². The number of nitrogens with one attached hydrogen (secondary N) is 1. The Kier molecular flexibility index (Phi) is 9.18. The normalized spacial score (nSPS) is 12.4. The van der Waals surface area contributed by atoms with Crippen LogP contribution >= 0.6 is 0 Å². The molecule has 2 aromatic carbocycles. The molecule has 0 radical (unpaired) electrons. The van der Waals surface area contributed by atoms with Crippen LogP contribution in [-0.4, -0.2) is 49.6 Å². The number of carbonyl (C=O) groups excluding carboxylic acids is 2. The molecule has 2 unspecified atom stereocenters. The van der Waals surface area contributed by atoms with Gasteiger partial charge in [0.25, 0.3) is 5.91 Å². The molecule has 7 heteroatoms. The van der Waals surface area contributed by atoms with Crippen LogP contribution < -0.4 is 19.5 Å². The summed E-state index contributed by atoms with van der Waals surface area (Å²) in [6, 6.07) is 13.9. The van der Waals surface area contributed by atoms with Gasteiger partial charge in [-0.15, -0.1) is 0 Å². The molecular formula is C24H32N2O5. The molecule has 0 spiro atoms. The molecule has 2 aromatic rings. The quantitative estimate of drug-likeness (QED) is 0.594. The molecule has 2 rings (SSSR count). The first-order valence-electron chi connectivity index (χ1n) is 10.4. The van der Waals surface area contributed by atoms with Crippen LogP contribution in [0.2, 0.25) is 0 Å². The molecule has 0 aliphatic carbocycles. The summed E-state index contributed by atoms with van der Waals surface area (Å²) in [7, 11) is 3.14. The summed E-state index contributed by atoms with van der Waals surface area (Å²) >= 11 is 0. The van der Waals surface area contributed by atoms with Gasteiger partial charge in [0, 0.05) is 12.6 Å². The summed E-state index contributed by atoms with van der Waals surface area (Å²) in [6.45, 7) is 5.72. The van der Waals surface area contributed by atoms with Crippen molar-refractivity contribution in [3.63, 3.8) is 0 Å². The van der Waals surface area contributed by atoms with Crippen LogP contribution in [0.3, 0.4) is 0 Å². The second-order valence-corrected chi connectivity index (χ2v) is 7.30. The van der Waals surface area contributed by atoms with Crippen molar-refractivity contribution in [3.8, 4) is 17.2 Å². The highest BCUT2D eigenvalue weighted by molar-refractivity contribution is 5.88. The van der Waals surface area contributed by atoms with Gasteiger partial charge in [-0.2, -0.15) is 0 Å². The third kappa shape index (κ3) is 6.91. The van der Waals surface area contributed by atoms with Crippen molar-refractivity contribution in [2.24, 2.45) is 0 Å². The zero-order valence-electron chi connectivity index (χ0n) is 18.9. The van der Waals surface area contributed by atoms with Crippen molar-refractivity contribution >= 4 is 11.8 Å². The van der Waals surface area contributed by atoms with Gasteiger partial charge in [0.1, 0.15) is 11.8 Å². The number of hydrogen-bond acceptors (Lipinski definition) is 5.